The van der Waals surface area contributed by atoms with Crippen molar-refractivity contribution >= 4 is 33.1 Å². The fraction of sp³-hybridized carbons (Fsp3) is 0.467. The average molecular weight is 341 g/mol. The molecule has 0 fully saturated rings. The molecule has 2 heterocycles. The quantitative estimate of drug-likeness (QED) is 0.683. The van der Waals surface area contributed by atoms with Gasteiger partial charge in [0.1, 0.15) is 11.2 Å². The van der Waals surface area contributed by atoms with Gasteiger partial charge >= 0.3 is 6.09 Å². The molecule has 0 saturated heterocycles. The lowest BCUT2D eigenvalue weighted by molar-refractivity contribution is 0.0543. The highest BCUT2D eigenvalue weighted by Crippen LogP contribution is 2.23. The summed E-state index contributed by atoms with van der Waals surface area (Å²) in [6, 6.07) is 1.94. The zero-order valence-corrected chi connectivity index (χ0v) is 14.4. The lowest BCUT2D eigenvalue weighted by atomic mass is 10.2. The van der Waals surface area contributed by atoms with Crippen molar-refractivity contribution in [3.63, 3.8) is 0 Å². The summed E-state index contributed by atoms with van der Waals surface area (Å²) in [7, 11) is 0. The molecule has 20 heavy (non-hydrogen) atoms. The van der Waals surface area contributed by atoms with E-state index < -0.39 is 11.7 Å². The Balaban J connectivity index is 0.000000956. The topological polar surface area (TPSA) is 44.1 Å². The number of rotatable bonds is 0. The van der Waals surface area contributed by atoms with Crippen molar-refractivity contribution in [3.8, 4) is 0 Å². The lowest BCUT2D eigenvalue weighted by Crippen LogP contribution is -2.26. The molecule has 0 atom stereocenters. The Bertz CT molecular complexity index is 612. The molecule has 4 nitrogen and oxygen atoms in total. The molecular weight excluding hydrogens is 320 g/mol. The Morgan fingerprint density at radius 1 is 1.35 bits per heavy atom. The summed E-state index contributed by atoms with van der Waals surface area (Å²) in [4.78, 5) is 16.3. The highest BCUT2D eigenvalue weighted by molar-refractivity contribution is 9.10. The van der Waals surface area contributed by atoms with Crippen LogP contribution in [0, 0.1) is 6.92 Å². The third-order valence-electron chi connectivity index (χ3n) is 2.40. The number of carbonyl (C=O) groups excluding carboxylic acids is 1. The number of ether oxygens (including phenoxy) is 1. The van der Waals surface area contributed by atoms with Crippen molar-refractivity contribution in [1.82, 2.24) is 9.55 Å². The van der Waals surface area contributed by atoms with E-state index in [1.165, 1.54) is 4.57 Å². The number of aryl methyl sites for hydroxylation is 1. The van der Waals surface area contributed by atoms with Crippen molar-refractivity contribution < 1.29 is 9.53 Å². The standard InChI is InChI=1S/C13H15BrN2O2.C2H6/c1-8-7-16(12(17)18-13(2,3)4)11-10(8)5-9(14)6-15-11;1-2/h5-7H,1-4H3;1-2H3. The first-order chi connectivity index (χ1) is 9.28. The Hall–Kier alpha value is -1.36. The summed E-state index contributed by atoms with van der Waals surface area (Å²) >= 11 is 3.37. The van der Waals surface area contributed by atoms with Crippen molar-refractivity contribution in [3.05, 3.63) is 28.5 Å². The second-order valence-corrected chi connectivity index (χ2v) is 6.10. The van der Waals surface area contributed by atoms with Gasteiger partial charge in [0.15, 0.2) is 0 Å². The minimum Gasteiger partial charge on any atom is -0.443 e. The van der Waals surface area contributed by atoms with E-state index >= 15 is 0 Å². The molecule has 0 aliphatic carbocycles. The maximum absolute atomic E-state index is 12.1. The molecular formula is C15H21BrN2O2. The third-order valence-corrected chi connectivity index (χ3v) is 2.83. The first kappa shape index (κ1) is 16.7. The molecule has 2 aromatic heterocycles. The van der Waals surface area contributed by atoms with Gasteiger partial charge < -0.3 is 4.74 Å². The van der Waals surface area contributed by atoms with Gasteiger partial charge in [0.25, 0.3) is 0 Å². The van der Waals surface area contributed by atoms with Crippen LogP contribution in [0.25, 0.3) is 11.0 Å². The molecule has 0 bridgehead atoms. The number of halogens is 1. The summed E-state index contributed by atoms with van der Waals surface area (Å²) in [5, 5.41) is 0.940. The van der Waals surface area contributed by atoms with Gasteiger partial charge in [-0.2, -0.15) is 0 Å². The van der Waals surface area contributed by atoms with Crippen LogP contribution in [0.2, 0.25) is 0 Å². The minimum atomic E-state index is -0.517. The van der Waals surface area contributed by atoms with Crippen LogP contribution in [0.3, 0.4) is 0 Å². The van der Waals surface area contributed by atoms with E-state index in [0.717, 1.165) is 15.4 Å². The highest BCUT2D eigenvalue weighted by atomic mass is 79.9. The smallest absolute Gasteiger partial charge is 0.420 e. The Kier molecular flexibility index (Phi) is 5.34. The molecule has 0 aromatic carbocycles. The first-order valence-corrected chi connectivity index (χ1v) is 7.44. The van der Waals surface area contributed by atoms with Crippen LogP contribution in [0.1, 0.15) is 40.2 Å². The highest BCUT2D eigenvalue weighted by Gasteiger charge is 2.20. The summed E-state index contributed by atoms with van der Waals surface area (Å²) in [5.41, 5.74) is 1.09. The third kappa shape index (κ3) is 3.82. The SMILES string of the molecule is CC.Cc1cn(C(=O)OC(C)(C)C)c2ncc(Br)cc12. The molecule has 2 aromatic rings. The summed E-state index contributed by atoms with van der Waals surface area (Å²) in [6.07, 6.45) is 3.01. The maximum Gasteiger partial charge on any atom is 0.420 e. The van der Waals surface area contributed by atoms with Gasteiger partial charge in [-0.15, -0.1) is 0 Å². The summed E-state index contributed by atoms with van der Waals surface area (Å²) in [6.45, 7) is 11.5. The van der Waals surface area contributed by atoms with Crippen LogP contribution in [0.5, 0.6) is 0 Å². The molecule has 0 amide bonds. The average Bonchev–Trinajstić information content (AvgIpc) is 2.67. The normalized spacial score (nSPS) is 10.9. The van der Waals surface area contributed by atoms with Crippen LogP contribution in [-0.4, -0.2) is 21.2 Å². The van der Waals surface area contributed by atoms with Crippen molar-refractivity contribution in [2.24, 2.45) is 0 Å². The fourth-order valence-corrected chi connectivity index (χ4v) is 2.02. The molecule has 0 spiro atoms. The van der Waals surface area contributed by atoms with Gasteiger partial charge in [0, 0.05) is 22.3 Å². The second-order valence-electron chi connectivity index (χ2n) is 5.19. The molecule has 5 heteroatoms. The minimum absolute atomic E-state index is 0.407. The van der Waals surface area contributed by atoms with E-state index in [9.17, 15) is 4.79 Å². The molecule has 110 valence electrons. The fourth-order valence-electron chi connectivity index (χ4n) is 1.69. The van der Waals surface area contributed by atoms with E-state index in [1.807, 2.05) is 47.6 Å². The van der Waals surface area contributed by atoms with Crippen LogP contribution < -0.4 is 0 Å². The van der Waals surface area contributed by atoms with E-state index in [1.54, 1.807) is 12.4 Å². The number of carbonyl (C=O) groups is 1. The Morgan fingerprint density at radius 3 is 2.50 bits per heavy atom. The number of nitrogens with zero attached hydrogens (tertiary/aromatic N) is 2. The maximum atomic E-state index is 12.1. The number of fused-ring (bicyclic) bond motifs is 1. The monoisotopic (exact) mass is 340 g/mol. The lowest BCUT2D eigenvalue weighted by Gasteiger charge is -2.19. The Labute approximate surface area is 128 Å². The van der Waals surface area contributed by atoms with Crippen LogP contribution in [0.4, 0.5) is 4.79 Å². The zero-order chi connectivity index (χ0) is 15.5. The molecule has 2 rings (SSSR count). The molecule has 0 aliphatic heterocycles. The predicted molar refractivity (Wildman–Crippen MR) is 85.2 cm³/mol. The van der Waals surface area contributed by atoms with Gasteiger partial charge in [-0.05, 0) is 55.3 Å². The Morgan fingerprint density at radius 2 is 1.95 bits per heavy atom. The van der Waals surface area contributed by atoms with Crippen LogP contribution in [-0.2, 0) is 4.74 Å². The molecule has 0 saturated carbocycles. The second kappa shape index (κ2) is 6.39. The predicted octanol–water partition coefficient (Wildman–Crippen LogP) is 4.92. The zero-order valence-electron chi connectivity index (χ0n) is 12.8. The van der Waals surface area contributed by atoms with Gasteiger partial charge in [-0.25, -0.2) is 14.3 Å². The van der Waals surface area contributed by atoms with Gasteiger partial charge in [-0.3, -0.25) is 0 Å². The number of hydrogen-bond acceptors (Lipinski definition) is 3. The first-order valence-electron chi connectivity index (χ1n) is 6.64. The molecule has 0 aliphatic rings. The van der Waals surface area contributed by atoms with Gasteiger partial charge in [0.2, 0.25) is 0 Å². The van der Waals surface area contributed by atoms with Crippen LogP contribution >= 0.6 is 15.9 Å². The van der Waals surface area contributed by atoms with Gasteiger partial charge in [0.05, 0.1) is 0 Å². The van der Waals surface area contributed by atoms with E-state index in [-0.39, 0.29) is 0 Å². The van der Waals surface area contributed by atoms with E-state index in [2.05, 4.69) is 20.9 Å². The van der Waals surface area contributed by atoms with Crippen LogP contribution in [0.15, 0.2) is 22.9 Å². The van der Waals surface area contributed by atoms with Crippen molar-refractivity contribution in [2.45, 2.75) is 47.1 Å². The van der Waals surface area contributed by atoms with E-state index in [0.29, 0.717) is 5.65 Å². The number of pyridine rings is 1. The summed E-state index contributed by atoms with van der Waals surface area (Å²) < 4.78 is 7.68. The van der Waals surface area contributed by atoms with Gasteiger partial charge in [-0.1, -0.05) is 13.8 Å². The van der Waals surface area contributed by atoms with E-state index in [4.69, 9.17) is 4.74 Å². The summed E-state index contributed by atoms with van der Waals surface area (Å²) in [5.74, 6) is 0. The largest absolute Gasteiger partial charge is 0.443 e. The number of aromatic nitrogens is 2. The molecule has 0 N–H and O–H groups in total. The molecule has 0 unspecified atom stereocenters. The van der Waals surface area contributed by atoms with Crippen molar-refractivity contribution in [1.29, 1.82) is 0 Å². The van der Waals surface area contributed by atoms with Crippen molar-refractivity contribution in [2.75, 3.05) is 0 Å². The molecule has 0 radical (unpaired) electrons. The number of hydrogen-bond donors (Lipinski definition) is 0.